The predicted molar refractivity (Wildman–Crippen MR) is 84.4 cm³/mol. The molecule has 1 aliphatic rings. The maximum Gasteiger partial charge on any atom is 0.229 e. The van der Waals surface area contributed by atoms with Crippen molar-refractivity contribution in [2.75, 3.05) is 18.6 Å². The number of nitrogens with zero attached hydrogens (tertiary/aromatic N) is 2. The zero-order valence-electron chi connectivity index (χ0n) is 12.4. The number of amides is 1. The zero-order valence-corrected chi connectivity index (χ0v) is 13.2. The van der Waals surface area contributed by atoms with E-state index in [1.165, 1.54) is 4.90 Å². The molecule has 1 aromatic heterocycles. The van der Waals surface area contributed by atoms with Crippen LogP contribution in [-0.2, 0) is 14.8 Å². The predicted octanol–water partition coefficient (Wildman–Crippen LogP) is 0.479. The Kier molecular flexibility index (Phi) is 3.82. The van der Waals surface area contributed by atoms with Gasteiger partial charge in [0.25, 0.3) is 0 Å². The van der Waals surface area contributed by atoms with Crippen LogP contribution in [0.2, 0.25) is 0 Å². The Labute approximate surface area is 133 Å². The Hall–Kier alpha value is -2.39. The number of carbonyl (C=O) groups is 1. The lowest BCUT2D eigenvalue weighted by atomic mass is 10.1. The van der Waals surface area contributed by atoms with Crippen molar-refractivity contribution in [1.29, 1.82) is 0 Å². The molecule has 2 aromatic rings. The fourth-order valence-corrected chi connectivity index (χ4v) is 3.22. The summed E-state index contributed by atoms with van der Waals surface area (Å²) in [6, 6.07) is 9.04. The molecule has 1 atom stereocenters. The van der Waals surface area contributed by atoms with E-state index < -0.39 is 15.3 Å². The molecule has 0 aliphatic carbocycles. The molecule has 9 heteroatoms. The zero-order chi connectivity index (χ0) is 16.6. The molecule has 3 N–H and O–H groups in total. The number of anilines is 1. The lowest BCUT2D eigenvalue weighted by molar-refractivity contribution is -0.117. The van der Waals surface area contributed by atoms with Crippen molar-refractivity contribution in [3.05, 3.63) is 30.3 Å². The van der Waals surface area contributed by atoms with E-state index in [0.29, 0.717) is 5.82 Å². The summed E-state index contributed by atoms with van der Waals surface area (Å²) in [5, 5.41) is 11.2. The van der Waals surface area contributed by atoms with E-state index in [1.54, 1.807) is 13.2 Å². The highest BCUT2D eigenvalue weighted by Crippen LogP contribution is 2.27. The topological polar surface area (TPSA) is 118 Å². The van der Waals surface area contributed by atoms with Crippen LogP contribution in [0.15, 0.2) is 30.3 Å². The molecule has 0 bridgehead atoms. The molecule has 8 nitrogen and oxygen atoms in total. The number of aromatic amines is 1. The van der Waals surface area contributed by atoms with Gasteiger partial charge >= 0.3 is 0 Å². The highest BCUT2D eigenvalue weighted by molar-refractivity contribution is 7.89. The van der Waals surface area contributed by atoms with Crippen molar-refractivity contribution >= 4 is 21.7 Å². The number of nitrogens with two attached hydrogens (primary N) is 1. The molecule has 1 fully saturated rings. The first-order valence-electron chi connectivity index (χ1n) is 6.90. The molecule has 1 saturated heterocycles. The Morgan fingerprint density at radius 2 is 2.04 bits per heavy atom. The molecule has 23 heavy (non-hydrogen) atoms. The third-order valence-corrected chi connectivity index (χ3v) is 5.04. The van der Waals surface area contributed by atoms with Gasteiger partial charge in [-0.2, -0.15) is 5.10 Å². The SMILES string of the molecule is COc1ccc(-c2cc(N3CC(S(N)(=O)=O)CC3=O)n[nH]2)cc1. The first-order valence-corrected chi connectivity index (χ1v) is 8.51. The quantitative estimate of drug-likeness (QED) is 0.842. The average Bonchev–Trinajstić information content (AvgIpc) is 3.13. The summed E-state index contributed by atoms with van der Waals surface area (Å²) in [6.45, 7) is 0.0184. The van der Waals surface area contributed by atoms with E-state index in [-0.39, 0.29) is 18.9 Å². The molecular weight excluding hydrogens is 320 g/mol. The molecule has 1 aromatic carbocycles. The van der Waals surface area contributed by atoms with Crippen molar-refractivity contribution in [3.63, 3.8) is 0 Å². The van der Waals surface area contributed by atoms with Gasteiger partial charge in [0.05, 0.1) is 12.8 Å². The van der Waals surface area contributed by atoms with Gasteiger partial charge in [-0.3, -0.25) is 14.8 Å². The summed E-state index contributed by atoms with van der Waals surface area (Å²) < 4.78 is 27.9. The highest BCUT2D eigenvalue weighted by atomic mass is 32.2. The summed E-state index contributed by atoms with van der Waals surface area (Å²) >= 11 is 0. The van der Waals surface area contributed by atoms with Gasteiger partial charge in [0, 0.05) is 19.0 Å². The number of sulfonamides is 1. The standard InChI is InChI=1S/C14H16N4O4S/c1-22-10-4-2-9(3-5-10)12-7-13(17-16-12)18-8-11(6-14(18)19)23(15,20)21/h2-5,7,11H,6,8H2,1H3,(H,16,17)(H2,15,20,21). The van der Waals surface area contributed by atoms with Gasteiger partial charge in [-0.25, -0.2) is 13.6 Å². The third kappa shape index (κ3) is 3.06. The van der Waals surface area contributed by atoms with Crippen LogP contribution in [0.4, 0.5) is 5.82 Å². The number of ether oxygens (including phenoxy) is 1. The van der Waals surface area contributed by atoms with Gasteiger partial charge in [0.15, 0.2) is 5.82 Å². The van der Waals surface area contributed by atoms with Gasteiger partial charge in [-0.05, 0) is 29.8 Å². The highest BCUT2D eigenvalue weighted by Gasteiger charge is 2.38. The lowest BCUT2D eigenvalue weighted by Crippen LogP contribution is -2.32. The fourth-order valence-electron chi connectivity index (χ4n) is 2.48. The third-order valence-electron chi connectivity index (χ3n) is 3.80. The largest absolute Gasteiger partial charge is 0.497 e. The molecule has 0 saturated carbocycles. The van der Waals surface area contributed by atoms with Gasteiger partial charge in [-0.1, -0.05) is 0 Å². The van der Waals surface area contributed by atoms with Crippen LogP contribution in [0.25, 0.3) is 11.3 Å². The van der Waals surface area contributed by atoms with E-state index in [0.717, 1.165) is 17.0 Å². The van der Waals surface area contributed by atoms with Crippen molar-refractivity contribution in [1.82, 2.24) is 10.2 Å². The number of primary sulfonamides is 1. The van der Waals surface area contributed by atoms with Crippen molar-refractivity contribution in [2.24, 2.45) is 5.14 Å². The normalized spacial score (nSPS) is 18.4. The van der Waals surface area contributed by atoms with E-state index in [4.69, 9.17) is 9.88 Å². The second-order valence-electron chi connectivity index (χ2n) is 5.29. The first-order chi connectivity index (χ1) is 10.9. The summed E-state index contributed by atoms with van der Waals surface area (Å²) in [5.41, 5.74) is 1.59. The number of rotatable bonds is 4. The van der Waals surface area contributed by atoms with Crippen LogP contribution in [-0.4, -0.2) is 43.4 Å². The first kappa shape index (κ1) is 15.5. The molecule has 3 rings (SSSR count). The summed E-state index contributed by atoms with van der Waals surface area (Å²) in [5.74, 6) is 0.808. The Bertz CT molecular complexity index is 829. The number of hydrogen-bond donors (Lipinski definition) is 2. The van der Waals surface area contributed by atoms with Crippen LogP contribution in [0.1, 0.15) is 6.42 Å². The second-order valence-corrected chi connectivity index (χ2v) is 7.13. The number of H-pyrrole nitrogens is 1. The number of nitrogens with one attached hydrogen (secondary N) is 1. The molecule has 122 valence electrons. The molecule has 0 radical (unpaired) electrons. The fraction of sp³-hybridized carbons (Fsp3) is 0.286. The van der Waals surface area contributed by atoms with Gasteiger partial charge in [-0.15, -0.1) is 0 Å². The van der Waals surface area contributed by atoms with Gasteiger partial charge in [0.2, 0.25) is 15.9 Å². The van der Waals surface area contributed by atoms with Crippen LogP contribution >= 0.6 is 0 Å². The Morgan fingerprint density at radius 1 is 1.35 bits per heavy atom. The molecule has 1 amide bonds. The van der Waals surface area contributed by atoms with Crippen molar-refractivity contribution in [3.8, 4) is 17.0 Å². The van der Waals surface area contributed by atoms with Crippen molar-refractivity contribution in [2.45, 2.75) is 11.7 Å². The Morgan fingerprint density at radius 3 is 2.61 bits per heavy atom. The average molecular weight is 336 g/mol. The van der Waals surface area contributed by atoms with Crippen LogP contribution in [0, 0.1) is 0 Å². The van der Waals surface area contributed by atoms with Crippen LogP contribution < -0.4 is 14.8 Å². The molecule has 2 heterocycles. The van der Waals surface area contributed by atoms with E-state index in [9.17, 15) is 13.2 Å². The van der Waals surface area contributed by atoms with E-state index in [1.807, 2.05) is 24.3 Å². The minimum Gasteiger partial charge on any atom is -0.497 e. The minimum absolute atomic E-state index is 0.0184. The molecule has 0 spiro atoms. The van der Waals surface area contributed by atoms with Crippen LogP contribution in [0.3, 0.4) is 0 Å². The monoisotopic (exact) mass is 336 g/mol. The second kappa shape index (κ2) is 5.67. The molecule has 1 unspecified atom stereocenters. The number of aromatic nitrogens is 2. The Balaban J connectivity index is 1.83. The summed E-state index contributed by atoms with van der Waals surface area (Å²) in [4.78, 5) is 13.3. The number of methoxy groups -OCH3 is 1. The minimum atomic E-state index is -3.74. The summed E-state index contributed by atoms with van der Waals surface area (Å²) in [7, 11) is -2.16. The maximum absolute atomic E-state index is 12.0. The van der Waals surface area contributed by atoms with Crippen molar-refractivity contribution < 1.29 is 17.9 Å². The smallest absolute Gasteiger partial charge is 0.229 e. The number of carbonyl (C=O) groups excluding carboxylic acids is 1. The van der Waals surface area contributed by atoms with Gasteiger partial charge in [0.1, 0.15) is 11.0 Å². The van der Waals surface area contributed by atoms with Crippen LogP contribution in [0.5, 0.6) is 5.75 Å². The van der Waals surface area contributed by atoms with Gasteiger partial charge < -0.3 is 4.74 Å². The maximum atomic E-state index is 12.0. The van der Waals surface area contributed by atoms with E-state index >= 15 is 0 Å². The summed E-state index contributed by atoms with van der Waals surface area (Å²) in [6.07, 6.45) is -0.121. The molecular formula is C14H16N4O4S. The van der Waals surface area contributed by atoms with E-state index in [2.05, 4.69) is 10.2 Å². The molecule has 1 aliphatic heterocycles. The number of benzene rings is 1. The lowest BCUT2D eigenvalue weighted by Gasteiger charge is -2.12. The number of hydrogen-bond acceptors (Lipinski definition) is 5.